The van der Waals surface area contributed by atoms with Crippen molar-refractivity contribution in [1.29, 1.82) is 0 Å². The van der Waals surface area contributed by atoms with Gasteiger partial charge in [0.15, 0.2) is 9.99 Å². The normalized spacial score (nSPS) is 14.0. The van der Waals surface area contributed by atoms with Crippen molar-refractivity contribution >= 4 is 45.2 Å². The van der Waals surface area contributed by atoms with E-state index in [0.29, 0.717) is 16.6 Å². The van der Waals surface area contributed by atoms with Gasteiger partial charge in [-0.15, -0.1) is 16.8 Å². The van der Waals surface area contributed by atoms with Gasteiger partial charge in [0.1, 0.15) is 0 Å². The van der Waals surface area contributed by atoms with Crippen LogP contribution in [-0.2, 0) is 0 Å². The number of aromatic nitrogens is 5. The van der Waals surface area contributed by atoms with Gasteiger partial charge in [-0.1, -0.05) is 29.2 Å². The van der Waals surface area contributed by atoms with E-state index in [0.717, 1.165) is 39.7 Å². The molecule has 0 aliphatic heterocycles. The van der Waals surface area contributed by atoms with Crippen LogP contribution >= 0.6 is 23.1 Å². The Kier molecular flexibility index (Phi) is 4.96. The highest BCUT2D eigenvalue weighted by Gasteiger charge is 2.28. The number of nitrogens with one attached hydrogen (secondary N) is 1. The highest BCUT2D eigenvalue weighted by molar-refractivity contribution is 8.01. The number of fused-ring (bicyclic) bond motifs is 1. The average Bonchev–Trinajstić information content (AvgIpc) is 3.26. The highest BCUT2D eigenvalue weighted by atomic mass is 32.2. The zero-order chi connectivity index (χ0) is 19.0. The molecule has 4 rings (SSSR count). The van der Waals surface area contributed by atoms with Crippen LogP contribution in [0, 0.1) is 0 Å². The minimum atomic E-state index is -0.205. The second-order valence-electron chi connectivity index (χ2n) is 6.72. The lowest BCUT2D eigenvalue weighted by atomic mass is 10.1. The van der Waals surface area contributed by atoms with Crippen LogP contribution in [0.4, 0.5) is 5.13 Å². The van der Waals surface area contributed by atoms with Crippen molar-refractivity contribution < 1.29 is 4.79 Å². The molecule has 1 N–H and O–H groups in total. The third-order valence-corrected chi connectivity index (χ3v) is 6.24. The number of carbonyl (C=O) groups is 1. The van der Waals surface area contributed by atoms with Crippen LogP contribution in [0.15, 0.2) is 29.3 Å². The second kappa shape index (κ2) is 7.40. The Hall–Kier alpha value is -2.26. The number of nitrogens with zero attached hydrogens (tertiary/aromatic N) is 5. The molecule has 0 unspecified atom stereocenters. The minimum absolute atomic E-state index is 0.174. The molecular formula is C18H20N6OS2. The first-order valence-corrected chi connectivity index (χ1v) is 10.6. The second-order valence-corrected chi connectivity index (χ2v) is 8.96. The Morgan fingerprint density at radius 3 is 3.00 bits per heavy atom. The number of carbonyl (C=O) groups excluding carboxylic acids is 1. The standard InChI is InChI=1S/C18H20N6OS2/c1-4-7-26-18-23-22-17(27-18)21-16(25)12-8-14(11-5-6-11)20-15-13(12)9-19-24(15)10(2)3/h4,8-11H,1,5-7H2,2-3H3,(H,21,22,25). The van der Waals surface area contributed by atoms with Crippen molar-refractivity contribution in [3.8, 4) is 0 Å². The summed E-state index contributed by atoms with van der Waals surface area (Å²) in [6.45, 7) is 7.81. The summed E-state index contributed by atoms with van der Waals surface area (Å²) in [6, 6.07) is 2.07. The van der Waals surface area contributed by atoms with Gasteiger partial charge < -0.3 is 0 Å². The van der Waals surface area contributed by atoms with Gasteiger partial charge in [0.2, 0.25) is 5.13 Å². The van der Waals surface area contributed by atoms with Gasteiger partial charge in [-0.2, -0.15) is 5.10 Å². The number of hydrogen-bond donors (Lipinski definition) is 1. The van der Waals surface area contributed by atoms with Crippen LogP contribution in [0.1, 0.15) is 54.7 Å². The zero-order valence-electron chi connectivity index (χ0n) is 15.2. The Morgan fingerprint density at radius 1 is 1.48 bits per heavy atom. The maximum atomic E-state index is 13.0. The summed E-state index contributed by atoms with van der Waals surface area (Å²) in [5.74, 6) is 0.996. The van der Waals surface area contributed by atoms with E-state index >= 15 is 0 Å². The Bertz CT molecular complexity index is 1000. The Morgan fingerprint density at radius 2 is 2.30 bits per heavy atom. The van der Waals surface area contributed by atoms with Crippen LogP contribution in [0.5, 0.6) is 0 Å². The Labute approximate surface area is 165 Å². The van der Waals surface area contributed by atoms with Crippen molar-refractivity contribution in [3.05, 3.63) is 36.2 Å². The molecule has 0 aromatic carbocycles. The first-order chi connectivity index (χ1) is 13.1. The van der Waals surface area contributed by atoms with Gasteiger partial charge in [-0.05, 0) is 32.8 Å². The maximum absolute atomic E-state index is 13.0. The summed E-state index contributed by atoms with van der Waals surface area (Å²) in [5, 5.41) is 16.7. The molecule has 0 spiro atoms. The van der Waals surface area contributed by atoms with E-state index in [1.807, 2.05) is 16.8 Å². The number of thioether (sulfide) groups is 1. The van der Waals surface area contributed by atoms with E-state index in [1.54, 1.807) is 18.0 Å². The highest BCUT2D eigenvalue weighted by Crippen LogP contribution is 2.40. The SMILES string of the molecule is C=CCSc1nnc(NC(=O)c2cc(C3CC3)nc3c2cnn3C(C)C)s1. The molecule has 3 aromatic heterocycles. The molecule has 1 fully saturated rings. The van der Waals surface area contributed by atoms with E-state index in [4.69, 9.17) is 4.98 Å². The van der Waals surface area contributed by atoms with Gasteiger partial charge in [0, 0.05) is 23.4 Å². The van der Waals surface area contributed by atoms with E-state index in [9.17, 15) is 4.79 Å². The van der Waals surface area contributed by atoms with Gasteiger partial charge >= 0.3 is 0 Å². The molecule has 7 nitrogen and oxygen atoms in total. The number of anilines is 1. The van der Waals surface area contributed by atoms with Crippen molar-refractivity contribution in [1.82, 2.24) is 25.0 Å². The van der Waals surface area contributed by atoms with Gasteiger partial charge in [0.25, 0.3) is 5.91 Å². The molecule has 3 aromatic rings. The number of amides is 1. The third kappa shape index (κ3) is 3.74. The third-order valence-electron chi connectivity index (χ3n) is 4.27. The number of pyridine rings is 1. The minimum Gasteiger partial charge on any atom is -0.296 e. The summed E-state index contributed by atoms with van der Waals surface area (Å²) in [5.41, 5.74) is 2.32. The molecular weight excluding hydrogens is 380 g/mol. The van der Waals surface area contributed by atoms with E-state index in [2.05, 4.69) is 41.0 Å². The fraction of sp³-hybridized carbons (Fsp3) is 0.389. The first kappa shape index (κ1) is 18.1. The van der Waals surface area contributed by atoms with Crippen LogP contribution in [-0.4, -0.2) is 36.6 Å². The summed E-state index contributed by atoms with van der Waals surface area (Å²) < 4.78 is 2.67. The average molecular weight is 401 g/mol. The van der Waals surface area contributed by atoms with Gasteiger partial charge in [0.05, 0.1) is 17.1 Å². The molecule has 0 bridgehead atoms. The van der Waals surface area contributed by atoms with Gasteiger partial charge in [-0.25, -0.2) is 9.67 Å². The summed E-state index contributed by atoms with van der Waals surface area (Å²) >= 11 is 2.90. The molecule has 1 saturated carbocycles. The quantitative estimate of drug-likeness (QED) is 0.362. The first-order valence-electron chi connectivity index (χ1n) is 8.83. The lowest BCUT2D eigenvalue weighted by molar-refractivity contribution is 0.102. The lowest BCUT2D eigenvalue weighted by Crippen LogP contribution is -2.13. The van der Waals surface area contributed by atoms with Crippen molar-refractivity contribution in [2.75, 3.05) is 11.1 Å². The van der Waals surface area contributed by atoms with Crippen LogP contribution in [0.3, 0.4) is 0 Å². The van der Waals surface area contributed by atoms with E-state index in [1.165, 1.54) is 11.3 Å². The molecule has 140 valence electrons. The lowest BCUT2D eigenvalue weighted by Gasteiger charge is -2.09. The monoisotopic (exact) mass is 400 g/mol. The zero-order valence-corrected chi connectivity index (χ0v) is 16.8. The molecule has 0 radical (unpaired) electrons. The van der Waals surface area contributed by atoms with Crippen LogP contribution < -0.4 is 5.32 Å². The molecule has 1 aliphatic carbocycles. The topological polar surface area (TPSA) is 85.6 Å². The summed E-state index contributed by atoms with van der Waals surface area (Å²) in [6.07, 6.45) is 5.77. The van der Waals surface area contributed by atoms with Crippen molar-refractivity contribution in [2.24, 2.45) is 0 Å². The van der Waals surface area contributed by atoms with Gasteiger partial charge in [-0.3, -0.25) is 10.1 Å². The maximum Gasteiger partial charge on any atom is 0.258 e. The van der Waals surface area contributed by atoms with Crippen molar-refractivity contribution in [3.63, 3.8) is 0 Å². The Balaban J connectivity index is 1.66. The predicted octanol–water partition coefficient (Wildman–Crippen LogP) is 4.27. The molecule has 0 atom stereocenters. The largest absolute Gasteiger partial charge is 0.296 e. The number of rotatable bonds is 7. The fourth-order valence-electron chi connectivity index (χ4n) is 2.80. The molecule has 1 amide bonds. The van der Waals surface area contributed by atoms with E-state index in [-0.39, 0.29) is 11.9 Å². The number of hydrogen-bond acceptors (Lipinski definition) is 7. The summed E-state index contributed by atoms with van der Waals surface area (Å²) in [4.78, 5) is 17.8. The van der Waals surface area contributed by atoms with Crippen LogP contribution in [0.25, 0.3) is 11.0 Å². The molecule has 27 heavy (non-hydrogen) atoms. The van der Waals surface area contributed by atoms with Crippen molar-refractivity contribution in [2.45, 2.75) is 43.0 Å². The summed E-state index contributed by atoms with van der Waals surface area (Å²) in [7, 11) is 0. The smallest absolute Gasteiger partial charge is 0.258 e. The molecule has 0 saturated heterocycles. The van der Waals surface area contributed by atoms with E-state index < -0.39 is 0 Å². The molecule has 9 heteroatoms. The van der Waals surface area contributed by atoms with Crippen LogP contribution in [0.2, 0.25) is 0 Å². The molecule has 3 heterocycles. The fourth-order valence-corrected chi connectivity index (χ4v) is 4.31. The molecule has 1 aliphatic rings. The predicted molar refractivity (Wildman–Crippen MR) is 109 cm³/mol.